The van der Waals surface area contributed by atoms with Gasteiger partial charge in [-0.05, 0) is 59.3 Å². The highest BCUT2D eigenvalue weighted by molar-refractivity contribution is 5.95. The van der Waals surface area contributed by atoms with Crippen molar-refractivity contribution in [3.05, 3.63) is 47.9 Å². The number of likely N-dealkylation sites (N-methyl/N-ethyl adjacent to an activating group) is 2. The van der Waals surface area contributed by atoms with E-state index >= 15 is 0 Å². The molecule has 1 fully saturated rings. The minimum atomic E-state index is -0.687. The number of carbonyl (C=O) groups is 3. The van der Waals surface area contributed by atoms with Crippen molar-refractivity contribution < 1.29 is 23.9 Å². The fraction of sp³-hybridized carbons (Fsp3) is 0.516. The predicted octanol–water partition coefficient (Wildman–Crippen LogP) is 2.07. The number of amidine groups is 1. The summed E-state index contributed by atoms with van der Waals surface area (Å²) < 4.78 is 11.1. The highest BCUT2D eigenvalue weighted by atomic mass is 16.5. The van der Waals surface area contributed by atoms with Gasteiger partial charge in [0.25, 0.3) is 5.91 Å². The molecule has 246 valence electrons. The maximum absolute atomic E-state index is 12.0. The molecule has 0 aliphatic carbocycles. The summed E-state index contributed by atoms with van der Waals surface area (Å²) in [5.74, 6) is 1.12. The second-order valence-electron chi connectivity index (χ2n) is 9.69. The highest BCUT2D eigenvalue weighted by Gasteiger charge is 2.17. The van der Waals surface area contributed by atoms with E-state index in [0.717, 1.165) is 50.9 Å². The van der Waals surface area contributed by atoms with Gasteiger partial charge in [0.05, 0.1) is 6.04 Å². The lowest BCUT2D eigenvalue weighted by Crippen LogP contribution is -2.33. The second-order valence-corrected chi connectivity index (χ2v) is 9.69. The van der Waals surface area contributed by atoms with E-state index in [9.17, 15) is 9.59 Å². The quantitative estimate of drug-likeness (QED) is 0.0439. The number of anilines is 1. The van der Waals surface area contributed by atoms with Crippen LogP contribution < -0.4 is 31.7 Å². The number of primary amides is 1. The number of rotatable bonds is 17. The summed E-state index contributed by atoms with van der Waals surface area (Å²) in [7, 11) is 7.41. The zero-order valence-corrected chi connectivity index (χ0v) is 26.9. The molecule has 1 aliphatic rings. The van der Waals surface area contributed by atoms with Gasteiger partial charge in [0.2, 0.25) is 6.41 Å². The zero-order valence-electron chi connectivity index (χ0n) is 26.9. The Bertz CT molecular complexity index is 1050. The molecule has 13 nitrogen and oxygen atoms in total. The molecule has 0 saturated carbocycles. The molecule has 2 amide bonds. The standard InChI is InChI=1S/C22H34N6O3.C7H13NO.C2H5NO/c1-4-6-19(26-16-9-12-30-13-10-16)28-22(20(25-3)21(23)29)27-17-7-5-8-18(15-17)31-14-11-24-2;1-8(2)6-4-3-5-7-9;1-3-2-4/h5,7-8,15-16,24,27H,3-4,6,9-14H2,1-2H3,(H2,23,29)(H,26,28);3-4,7H,5-6H2,1-2H3;2H,1H3,(H,3,4)/b22-20-;4-3+;. The predicted molar refractivity (Wildman–Crippen MR) is 178 cm³/mol. The van der Waals surface area contributed by atoms with E-state index < -0.39 is 5.91 Å². The number of aliphatic imine (C=N–C) groups is 2. The first-order valence-electron chi connectivity index (χ1n) is 14.7. The third kappa shape index (κ3) is 19.9. The number of hydrogen-bond donors (Lipinski definition) is 5. The number of hydrogen-bond acceptors (Lipinski definition) is 10. The number of aldehydes is 1. The average molecular weight is 617 g/mol. The number of nitrogens with two attached hydrogens (primary N) is 1. The van der Waals surface area contributed by atoms with E-state index in [0.29, 0.717) is 49.9 Å². The van der Waals surface area contributed by atoms with Crippen molar-refractivity contribution in [1.29, 1.82) is 0 Å². The van der Waals surface area contributed by atoms with E-state index in [2.05, 4.69) is 39.9 Å². The van der Waals surface area contributed by atoms with Crippen LogP contribution in [0.25, 0.3) is 0 Å². The minimum absolute atomic E-state index is 0.0114. The number of carbonyl (C=O) groups excluding carboxylic acids is 3. The van der Waals surface area contributed by atoms with Crippen LogP contribution in [0, 0.1) is 0 Å². The fourth-order valence-corrected chi connectivity index (χ4v) is 3.52. The Morgan fingerprint density at radius 1 is 1.20 bits per heavy atom. The first-order valence-corrected chi connectivity index (χ1v) is 14.7. The summed E-state index contributed by atoms with van der Waals surface area (Å²) in [6, 6.07) is 7.62. The van der Waals surface area contributed by atoms with Crippen molar-refractivity contribution in [2.24, 2.45) is 15.7 Å². The number of ether oxygens (including phenoxy) is 2. The molecule has 1 saturated heterocycles. The van der Waals surface area contributed by atoms with Gasteiger partial charge in [-0.2, -0.15) is 0 Å². The molecule has 0 bridgehead atoms. The minimum Gasteiger partial charge on any atom is -0.492 e. The van der Waals surface area contributed by atoms with E-state index in [4.69, 9.17) is 25.0 Å². The van der Waals surface area contributed by atoms with Crippen LogP contribution >= 0.6 is 0 Å². The van der Waals surface area contributed by atoms with Crippen LogP contribution in [0.2, 0.25) is 0 Å². The molecule has 0 unspecified atom stereocenters. The molecule has 2 rings (SSSR count). The van der Waals surface area contributed by atoms with Gasteiger partial charge in [-0.25, -0.2) is 0 Å². The maximum atomic E-state index is 12.0. The summed E-state index contributed by atoms with van der Waals surface area (Å²) in [6.45, 7) is 9.17. The van der Waals surface area contributed by atoms with Gasteiger partial charge in [0, 0.05) is 57.9 Å². The lowest BCUT2D eigenvalue weighted by atomic mass is 10.1. The Morgan fingerprint density at radius 2 is 1.91 bits per heavy atom. The first kappa shape index (κ1) is 39.9. The molecule has 13 heteroatoms. The normalized spacial score (nSPS) is 13.8. The summed E-state index contributed by atoms with van der Waals surface area (Å²) >= 11 is 0. The Hall–Kier alpha value is -4.07. The topological polar surface area (TPSA) is 172 Å². The second kappa shape index (κ2) is 26.5. The monoisotopic (exact) mass is 616 g/mol. The molecule has 0 atom stereocenters. The summed E-state index contributed by atoms with van der Waals surface area (Å²) in [5, 5.41) is 11.7. The Morgan fingerprint density at radius 3 is 2.45 bits per heavy atom. The van der Waals surface area contributed by atoms with E-state index in [-0.39, 0.29) is 11.7 Å². The summed E-state index contributed by atoms with van der Waals surface area (Å²) in [4.78, 5) is 41.6. The van der Waals surface area contributed by atoms with Crippen LogP contribution in [-0.4, -0.2) is 103 Å². The lowest BCUT2D eigenvalue weighted by molar-refractivity contribution is -0.114. The Labute approximate surface area is 262 Å². The molecular weight excluding hydrogens is 564 g/mol. The smallest absolute Gasteiger partial charge is 0.271 e. The largest absolute Gasteiger partial charge is 0.492 e. The van der Waals surface area contributed by atoms with Gasteiger partial charge < -0.3 is 46.2 Å². The van der Waals surface area contributed by atoms with Crippen LogP contribution in [-0.2, 0) is 19.1 Å². The summed E-state index contributed by atoms with van der Waals surface area (Å²) in [6.07, 6.45) is 9.26. The fourth-order valence-electron chi connectivity index (χ4n) is 3.52. The van der Waals surface area contributed by atoms with Crippen LogP contribution in [0.1, 0.15) is 39.0 Å². The van der Waals surface area contributed by atoms with Crippen molar-refractivity contribution in [2.75, 3.05) is 66.4 Å². The molecule has 1 aromatic rings. The average Bonchev–Trinajstić information content (AvgIpc) is 3.01. The van der Waals surface area contributed by atoms with Crippen LogP contribution in [0.3, 0.4) is 0 Å². The third-order valence-corrected chi connectivity index (χ3v) is 5.63. The number of nitrogens with one attached hydrogen (secondary N) is 4. The zero-order chi connectivity index (χ0) is 33.0. The number of allylic oxidation sites excluding steroid dienone is 1. The SMILES string of the molecule is C=N/C(C(N)=O)=C(\NC(CCC)=NC1CCOCC1)Nc1cccc(OCCNC)c1.CN(C)C/C=C/CC=O.CNC=O. The Balaban J connectivity index is 0.00000119. The maximum Gasteiger partial charge on any atom is 0.271 e. The molecule has 6 N–H and O–H groups in total. The van der Waals surface area contributed by atoms with Gasteiger partial charge in [0.1, 0.15) is 30.3 Å². The molecule has 1 aliphatic heterocycles. The van der Waals surface area contributed by atoms with Crippen molar-refractivity contribution >= 4 is 36.8 Å². The van der Waals surface area contributed by atoms with Crippen molar-refractivity contribution in [3.8, 4) is 5.75 Å². The highest BCUT2D eigenvalue weighted by Crippen LogP contribution is 2.20. The molecule has 1 heterocycles. The van der Waals surface area contributed by atoms with E-state index in [1.54, 1.807) is 7.05 Å². The van der Waals surface area contributed by atoms with Crippen LogP contribution in [0.4, 0.5) is 5.69 Å². The third-order valence-electron chi connectivity index (χ3n) is 5.63. The van der Waals surface area contributed by atoms with Crippen molar-refractivity contribution in [2.45, 2.75) is 45.1 Å². The van der Waals surface area contributed by atoms with E-state index in [1.165, 1.54) is 0 Å². The van der Waals surface area contributed by atoms with Crippen LogP contribution in [0.5, 0.6) is 5.75 Å². The van der Waals surface area contributed by atoms with Gasteiger partial charge >= 0.3 is 0 Å². The first-order chi connectivity index (χ1) is 21.3. The molecule has 1 aromatic carbocycles. The van der Waals surface area contributed by atoms with Crippen molar-refractivity contribution in [3.63, 3.8) is 0 Å². The number of nitrogens with zero attached hydrogens (tertiary/aromatic N) is 3. The van der Waals surface area contributed by atoms with Gasteiger partial charge in [0.15, 0.2) is 5.70 Å². The molecule has 0 radical (unpaired) electrons. The molecule has 44 heavy (non-hydrogen) atoms. The number of benzene rings is 1. The summed E-state index contributed by atoms with van der Waals surface area (Å²) in [5.41, 5.74) is 6.28. The van der Waals surface area contributed by atoms with E-state index in [1.807, 2.05) is 62.5 Å². The lowest BCUT2D eigenvalue weighted by Gasteiger charge is -2.22. The molecular formula is C31H52N8O5. The Kier molecular flexibility index (Phi) is 24.1. The van der Waals surface area contributed by atoms with Gasteiger partial charge in [-0.1, -0.05) is 25.1 Å². The molecule has 0 aromatic heterocycles. The van der Waals surface area contributed by atoms with Gasteiger partial charge in [-0.3, -0.25) is 19.6 Å². The van der Waals surface area contributed by atoms with Crippen LogP contribution in [0.15, 0.2) is 57.9 Å². The van der Waals surface area contributed by atoms with Crippen molar-refractivity contribution in [1.82, 2.24) is 20.9 Å². The molecule has 0 spiro atoms. The van der Waals surface area contributed by atoms with Gasteiger partial charge in [-0.15, -0.1) is 0 Å². The number of amides is 2.